The van der Waals surface area contributed by atoms with Gasteiger partial charge in [0.1, 0.15) is 42.0 Å². The average Bonchev–Trinajstić information content (AvgIpc) is 3.50. The molecular weight excluding hydrogens is 1040 g/mol. The Morgan fingerprint density at radius 1 is 0.840 bits per heavy atom. The summed E-state index contributed by atoms with van der Waals surface area (Å²) in [6.45, 7) is 12.4. The van der Waals surface area contributed by atoms with Crippen LogP contribution in [0, 0.1) is 35.5 Å². The van der Waals surface area contributed by atoms with E-state index in [1.807, 2.05) is 51.2 Å². The number of cyclic esters (lactones) is 1. The number of carbonyl (C=O) groups is 7. The molecule has 3 aliphatic heterocycles. The van der Waals surface area contributed by atoms with Crippen LogP contribution in [0.2, 0.25) is 0 Å². The molecule has 19 nitrogen and oxygen atoms in total. The minimum atomic E-state index is -2.48. The molecule has 3 fully saturated rings. The standard InChI is InChI=1S/C62H90N2O17/c1-36-17-13-12-14-18-37(2)51(75-8)33-46-26-20-42(7)62(74,81-46)57(69)58(70)64-28-16-15-19-48(64)60(72)79-52(34-49(66)38(3)30-41(6)55(68)56(77-10)54(67)40(5)29-36)39(4)31-43-21-27-50(53(32-43)76-9)80-61(73)63-35-47(59(71)78-11)44-22-24-45(65)25-23-44/h12-14,17-18,22-25,30,36,38-40,42-43,46-48,50-53,55-56,65,68,74H,15-16,19-21,26-29,31-35H2,1-11H3,(H,63,73)/b14-12+,17-13+,37-18+,41-30+/t36?,38?,39?,40-,42-,43?,46?,47?,48+,50-,51?,52?,53?,55-,56?,62-/m1/s1. The molecule has 0 spiro atoms. The number of alkyl carbamates (subject to hydrolysis) is 1. The fourth-order valence-corrected chi connectivity index (χ4v) is 11.8. The van der Waals surface area contributed by atoms with Crippen molar-refractivity contribution in [3.8, 4) is 5.75 Å². The third-order valence-corrected chi connectivity index (χ3v) is 16.9. The minimum absolute atomic E-state index is 0.0147. The number of ketones is 3. The van der Waals surface area contributed by atoms with Crippen LogP contribution in [0.4, 0.5) is 4.79 Å². The molecule has 19 heteroatoms. The first-order chi connectivity index (χ1) is 38.5. The van der Waals surface area contributed by atoms with E-state index in [0.717, 1.165) is 10.5 Å². The summed E-state index contributed by atoms with van der Waals surface area (Å²) >= 11 is 0. The van der Waals surface area contributed by atoms with Gasteiger partial charge in [-0.3, -0.25) is 24.0 Å². The Bertz CT molecular complexity index is 2440. The van der Waals surface area contributed by atoms with Crippen molar-refractivity contribution in [2.75, 3.05) is 41.5 Å². The Morgan fingerprint density at radius 2 is 1.56 bits per heavy atom. The lowest BCUT2D eigenvalue weighted by molar-refractivity contribution is -0.265. The number of phenolic OH excluding ortho intramolecular Hbond substituents is 1. The van der Waals surface area contributed by atoms with E-state index in [1.165, 1.54) is 33.5 Å². The van der Waals surface area contributed by atoms with Crippen LogP contribution in [-0.2, 0) is 61.9 Å². The summed E-state index contributed by atoms with van der Waals surface area (Å²) in [6, 6.07) is 4.77. The largest absolute Gasteiger partial charge is 0.508 e. The maximum absolute atomic E-state index is 14.7. The first-order valence-corrected chi connectivity index (χ1v) is 28.8. The molecule has 450 valence electrons. The number of allylic oxidation sites excluding steroid dienone is 6. The van der Waals surface area contributed by atoms with Crippen molar-refractivity contribution in [3.63, 3.8) is 0 Å². The average molecular weight is 1140 g/mol. The molecule has 0 radical (unpaired) electrons. The highest BCUT2D eigenvalue weighted by atomic mass is 16.6. The Labute approximate surface area is 478 Å². The van der Waals surface area contributed by atoms with Gasteiger partial charge in [-0.05, 0) is 125 Å². The van der Waals surface area contributed by atoms with E-state index in [1.54, 1.807) is 53.0 Å². The van der Waals surface area contributed by atoms with Crippen molar-refractivity contribution >= 4 is 41.3 Å². The fourth-order valence-electron chi connectivity index (χ4n) is 11.8. The van der Waals surface area contributed by atoms with E-state index < -0.39 is 114 Å². The van der Waals surface area contributed by atoms with E-state index in [0.29, 0.717) is 68.9 Å². The summed E-state index contributed by atoms with van der Waals surface area (Å²) in [6.07, 6.45) is 8.79. The lowest BCUT2D eigenvalue weighted by atomic mass is 9.78. The number of methoxy groups -OCH3 is 4. The predicted octanol–water partition coefficient (Wildman–Crippen LogP) is 7.58. The summed E-state index contributed by atoms with van der Waals surface area (Å²) in [5.41, 5.74) is 1.72. The summed E-state index contributed by atoms with van der Waals surface area (Å²) in [7, 11) is 5.68. The highest BCUT2D eigenvalue weighted by molar-refractivity contribution is 6.39. The second kappa shape index (κ2) is 31.2. The number of nitrogens with zero attached hydrogens (tertiary/aromatic N) is 1. The molecule has 2 amide bonds. The van der Waals surface area contributed by atoms with Crippen LogP contribution in [0.3, 0.4) is 0 Å². The van der Waals surface area contributed by atoms with E-state index in [4.69, 9.17) is 33.2 Å². The first kappa shape index (κ1) is 66.2. The van der Waals surface area contributed by atoms with Gasteiger partial charge in [0.15, 0.2) is 5.78 Å². The van der Waals surface area contributed by atoms with Gasteiger partial charge in [-0.15, -0.1) is 0 Å². The number of nitrogens with one attached hydrogen (secondary N) is 1. The molecule has 3 heterocycles. The number of phenols is 1. The number of hydrogen-bond acceptors (Lipinski definition) is 17. The quantitative estimate of drug-likeness (QED) is 0.0720. The number of ether oxygens (including phenoxy) is 7. The SMILES string of the molecule is COC(=O)C(CNC(=O)O[C@@H]1CCC(CC(C)C2CC(=O)C(C)/C=C(\C)[C@@H](O)C(OC)C(=O)[C@H](C)CC(C)/C=C/C=C/C=C(\C)C(OC)CC3CC[C@@H](C)[C@@](O)(O3)C(=O)C(=O)N3CCCC[C@H]3C(=O)O2)CC1OC)c1ccc(O)cc1. The number of aliphatic hydroxyl groups excluding tert-OH is 1. The van der Waals surface area contributed by atoms with Gasteiger partial charge in [0.2, 0.25) is 5.79 Å². The van der Waals surface area contributed by atoms with Gasteiger partial charge in [0.25, 0.3) is 11.7 Å². The number of rotatable bonds is 11. The number of fused-ring (bicyclic) bond motifs is 3. The zero-order valence-electron chi connectivity index (χ0n) is 49.3. The van der Waals surface area contributed by atoms with Gasteiger partial charge < -0.3 is 58.7 Å². The monoisotopic (exact) mass is 1130 g/mol. The van der Waals surface area contributed by atoms with Crippen molar-refractivity contribution in [3.05, 3.63) is 77.4 Å². The second-order valence-electron chi connectivity index (χ2n) is 23.0. The van der Waals surface area contributed by atoms with Gasteiger partial charge in [-0.25, -0.2) is 9.59 Å². The normalized spacial score (nSPS) is 34.9. The number of hydrogen-bond donors (Lipinski definition) is 4. The van der Waals surface area contributed by atoms with Crippen LogP contribution in [0.25, 0.3) is 0 Å². The third kappa shape index (κ3) is 18.0. The van der Waals surface area contributed by atoms with Crippen LogP contribution in [-0.4, -0.2) is 158 Å². The van der Waals surface area contributed by atoms with Crippen molar-refractivity contribution in [1.29, 1.82) is 0 Å². The van der Waals surface area contributed by atoms with E-state index >= 15 is 0 Å². The zero-order valence-corrected chi connectivity index (χ0v) is 49.3. The number of aromatic hydroxyl groups is 1. The van der Waals surface area contributed by atoms with Crippen LogP contribution >= 0.6 is 0 Å². The lowest BCUT2D eigenvalue weighted by Gasteiger charge is -2.42. The predicted molar refractivity (Wildman–Crippen MR) is 300 cm³/mol. The number of piperidine rings is 1. The Hall–Kier alpha value is -5.57. The van der Waals surface area contributed by atoms with Crippen molar-refractivity contribution in [2.24, 2.45) is 35.5 Å². The molecule has 5 rings (SSSR count). The third-order valence-electron chi connectivity index (χ3n) is 16.9. The fraction of sp³-hybridized carbons (Fsp3) is 0.661. The topological polar surface area (TPSA) is 260 Å². The molecule has 2 bridgehead atoms. The van der Waals surface area contributed by atoms with Crippen LogP contribution in [0.5, 0.6) is 5.75 Å². The summed E-state index contributed by atoms with van der Waals surface area (Å²) in [4.78, 5) is 98.7. The number of carbonyl (C=O) groups excluding carboxylic acids is 7. The van der Waals surface area contributed by atoms with Gasteiger partial charge in [0.05, 0.1) is 31.3 Å². The van der Waals surface area contributed by atoms with Crippen LogP contribution in [0.15, 0.2) is 71.9 Å². The summed E-state index contributed by atoms with van der Waals surface area (Å²) in [5, 5.41) is 36.0. The molecule has 4 N–H and O–H groups in total. The number of Topliss-reactive ketones (excluding diaryl/α,β-unsaturated/α-hetero) is 3. The zero-order chi connectivity index (χ0) is 59.7. The maximum Gasteiger partial charge on any atom is 0.407 e. The number of benzene rings is 1. The van der Waals surface area contributed by atoms with Gasteiger partial charge in [-0.1, -0.05) is 83.2 Å². The molecule has 0 aromatic heterocycles. The number of amides is 2. The Kier molecular flexibility index (Phi) is 25.5. The molecule has 16 atom stereocenters. The Balaban J connectivity index is 1.40. The van der Waals surface area contributed by atoms with E-state index in [2.05, 4.69) is 5.32 Å². The Morgan fingerprint density at radius 3 is 2.22 bits per heavy atom. The summed E-state index contributed by atoms with van der Waals surface area (Å²) < 4.78 is 40.7. The van der Waals surface area contributed by atoms with E-state index in [9.17, 15) is 48.9 Å². The van der Waals surface area contributed by atoms with Crippen molar-refractivity contribution in [1.82, 2.24) is 10.2 Å². The molecule has 1 aromatic rings. The summed E-state index contributed by atoms with van der Waals surface area (Å²) in [5.74, 6) is -10.2. The highest BCUT2D eigenvalue weighted by Crippen LogP contribution is 2.38. The van der Waals surface area contributed by atoms with Gasteiger partial charge in [0, 0.05) is 65.0 Å². The van der Waals surface area contributed by atoms with Gasteiger partial charge in [-0.2, -0.15) is 0 Å². The van der Waals surface area contributed by atoms with Crippen LogP contribution in [0.1, 0.15) is 137 Å². The second-order valence-corrected chi connectivity index (χ2v) is 23.0. The van der Waals surface area contributed by atoms with Gasteiger partial charge >= 0.3 is 18.0 Å². The molecule has 10 unspecified atom stereocenters. The molecule has 81 heavy (non-hydrogen) atoms. The lowest BCUT2D eigenvalue weighted by Crippen LogP contribution is -2.61. The number of aliphatic hydroxyl groups is 2. The maximum atomic E-state index is 14.7. The minimum Gasteiger partial charge on any atom is -0.508 e. The number of esters is 2. The molecule has 1 aliphatic carbocycles. The van der Waals surface area contributed by atoms with Crippen LogP contribution < -0.4 is 5.32 Å². The molecule has 1 saturated carbocycles. The van der Waals surface area contributed by atoms with Crippen molar-refractivity contribution < 1.29 is 82.0 Å². The molecule has 1 aromatic carbocycles. The molecule has 4 aliphatic rings. The van der Waals surface area contributed by atoms with E-state index in [-0.39, 0.29) is 61.5 Å². The highest BCUT2D eigenvalue weighted by Gasteiger charge is 2.53. The first-order valence-electron chi connectivity index (χ1n) is 28.8. The molecular formula is C62H90N2O17. The smallest absolute Gasteiger partial charge is 0.407 e. The van der Waals surface area contributed by atoms with Crippen molar-refractivity contribution in [2.45, 2.75) is 186 Å². The molecule has 2 saturated heterocycles.